The highest BCUT2D eigenvalue weighted by Gasteiger charge is 2.54. The number of carbonyl (C=O) groups excluding carboxylic acids is 2. The summed E-state index contributed by atoms with van der Waals surface area (Å²) in [6.45, 7) is 0.130. The molecular weight excluding hydrogens is 421 g/mol. The average Bonchev–Trinajstić information content (AvgIpc) is 2.81. The van der Waals surface area contributed by atoms with Gasteiger partial charge in [-0.1, -0.05) is 60.7 Å². The fraction of sp³-hybridized carbons (Fsp3) is 0.231. The number of nitrogens with one attached hydrogen (secondary N) is 1. The van der Waals surface area contributed by atoms with Gasteiger partial charge in [-0.15, -0.1) is 0 Å². The fourth-order valence-electron chi connectivity index (χ4n) is 4.95. The Kier molecular flexibility index (Phi) is 5.56. The molecule has 3 atom stereocenters. The maximum Gasteiger partial charge on any atom is 0.322 e. The van der Waals surface area contributed by atoms with E-state index in [4.69, 9.17) is 0 Å². The first-order valence-corrected chi connectivity index (χ1v) is 10.9. The van der Waals surface area contributed by atoms with Gasteiger partial charge in [0, 0.05) is 18.2 Å². The van der Waals surface area contributed by atoms with Crippen LogP contribution in [0.1, 0.15) is 11.5 Å². The molecule has 0 aromatic heterocycles. The van der Waals surface area contributed by atoms with Crippen LogP contribution in [0, 0.1) is 5.82 Å². The summed E-state index contributed by atoms with van der Waals surface area (Å²) in [6.07, 6.45) is 0. The summed E-state index contributed by atoms with van der Waals surface area (Å²) >= 11 is 0. The number of amides is 3. The molecule has 3 aromatic carbocycles. The van der Waals surface area contributed by atoms with E-state index in [-0.39, 0.29) is 37.1 Å². The molecule has 2 heterocycles. The number of fused-ring (bicyclic) bond motifs is 1. The van der Waals surface area contributed by atoms with Crippen LogP contribution in [0.3, 0.4) is 0 Å². The van der Waals surface area contributed by atoms with E-state index in [0.29, 0.717) is 12.2 Å². The van der Waals surface area contributed by atoms with Gasteiger partial charge in [-0.3, -0.25) is 4.79 Å². The van der Waals surface area contributed by atoms with Crippen molar-refractivity contribution in [3.05, 3.63) is 90.2 Å². The lowest BCUT2D eigenvalue weighted by Gasteiger charge is -2.58. The minimum atomic E-state index is -0.447. The largest absolute Gasteiger partial charge is 0.394 e. The molecule has 2 saturated heterocycles. The van der Waals surface area contributed by atoms with Crippen molar-refractivity contribution in [1.82, 2.24) is 9.80 Å². The Labute approximate surface area is 191 Å². The second-order valence-corrected chi connectivity index (χ2v) is 8.45. The number of rotatable bonds is 4. The predicted molar refractivity (Wildman–Crippen MR) is 123 cm³/mol. The molecule has 0 spiro atoms. The van der Waals surface area contributed by atoms with Gasteiger partial charge < -0.3 is 20.2 Å². The smallest absolute Gasteiger partial charge is 0.322 e. The third-order valence-corrected chi connectivity index (χ3v) is 6.52. The summed E-state index contributed by atoms with van der Waals surface area (Å²) in [4.78, 5) is 28.7. The first-order chi connectivity index (χ1) is 16.0. The molecule has 6 nitrogen and oxygen atoms in total. The van der Waals surface area contributed by atoms with E-state index in [2.05, 4.69) is 5.32 Å². The van der Waals surface area contributed by atoms with Crippen LogP contribution in [-0.2, 0) is 4.79 Å². The number of hydrogen-bond acceptors (Lipinski definition) is 3. The first-order valence-electron chi connectivity index (χ1n) is 10.9. The number of aliphatic hydroxyl groups excluding tert-OH is 1. The van der Waals surface area contributed by atoms with Crippen LogP contribution in [-0.4, -0.2) is 58.6 Å². The highest BCUT2D eigenvalue weighted by molar-refractivity contribution is 5.93. The number of halogens is 1. The van der Waals surface area contributed by atoms with Gasteiger partial charge in [-0.2, -0.15) is 0 Å². The van der Waals surface area contributed by atoms with Crippen LogP contribution >= 0.6 is 0 Å². The van der Waals surface area contributed by atoms with E-state index in [0.717, 1.165) is 16.7 Å². The van der Waals surface area contributed by atoms with Gasteiger partial charge in [-0.25, -0.2) is 9.18 Å². The topological polar surface area (TPSA) is 72.9 Å². The van der Waals surface area contributed by atoms with Gasteiger partial charge in [-0.05, 0) is 34.9 Å². The van der Waals surface area contributed by atoms with Gasteiger partial charge in [0.05, 0.1) is 18.7 Å². The van der Waals surface area contributed by atoms with Crippen molar-refractivity contribution in [3.8, 4) is 11.1 Å². The van der Waals surface area contributed by atoms with Crippen LogP contribution in [0.2, 0.25) is 0 Å². The molecule has 2 aliphatic rings. The van der Waals surface area contributed by atoms with E-state index in [9.17, 15) is 19.1 Å². The quantitative estimate of drug-likeness (QED) is 0.643. The van der Waals surface area contributed by atoms with Gasteiger partial charge in [0.25, 0.3) is 0 Å². The second kappa shape index (κ2) is 8.67. The number of nitrogens with zero attached hydrogens (tertiary/aromatic N) is 2. The molecule has 0 radical (unpaired) electrons. The number of urea groups is 1. The molecule has 0 bridgehead atoms. The maximum absolute atomic E-state index is 13.5. The van der Waals surface area contributed by atoms with Gasteiger partial charge in [0.15, 0.2) is 0 Å². The van der Waals surface area contributed by atoms with Crippen molar-refractivity contribution in [1.29, 1.82) is 0 Å². The fourth-order valence-corrected chi connectivity index (χ4v) is 4.95. The third-order valence-electron chi connectivity index (χ3n) is 6.52. The van der Waals surface area contributed by atoms with E-state index in [1.165, 1.54) is 23.1 Å². The zero-order chi connectivity index (χ0) is 22.9. The molecule has 2 aliphatic heterocycles. The number of hydrogen-bond donors (Lipinski definition) is 2. The predicted octanol–water partition coefficient (Wildman–Crippen LogP) is 3.70. The van der Waals surface area contributed by atoms with Crippen molar-refractivity contribution in [2.24, 2.45) is 0 Å². The maximum atomic E-state index is 13.5. The summed E-state index contributed by atoms with van der Waals surface area (Å²) in [5, 5.41) is 12.6. The lowest BCUT2D eigenvalue weighted by atomic mass is 9.73. The zero-order valence-corrected chi connectivity index (χ0v) is 17.9. The molecule has 3 amide bonds. The summed E-state index contributed by atoms with van der Waals surface area (Å²) in [5.41, 5.74) is 3.57. The van der Waals surface area contributed by atoms with Crippen molar-refractivity contribution >= 4 is 17.6 Å². The lowest BCUT2D eigenvalue weighted by molar-refractivity contribution is -0.159. The average molecular weight is 445 g/mol. The standard InChI is InChI=1S/C26H24FN3O3/c27-20-7-4-8-21(13-20)28-26(33)29-14-22-25(23(16-31)30(22)24(32)15-29)19-11-9-18(10-12-19)17-5-2-1-3-6-17/h1-13,22-23,25,31H,14-16H2,(H,28,33)/t22-,23+,25-/m0/s1. The zero-order valence-electron chi connectivity index (χ0n) is 17.9. The number of benzene rings is 3. The second-order valence-electron chi connectivity index (χ2n) is 8.45. The summed E-state index contributed by atoms with van der Waals surface area (Å²) in [7, 11) is 0. The Hall–Kier alpha value is -3.71. The van der Waals surface area contributed by atoms with Gasteiger partial charge >= 0.3 is 6.03 Å². The molecule has 0 saturated carbocycles. The molecule has 2 N–H and O–H groups in total. The Morgan fingerprint density at radius 1 is 1.00 bits per heavy atom. The van der Waals surface area contributed by atoms with E-state index < -0.39 is 11.8 Å². The minimum Gasteiger partial charge on any atom is -0.394 e. The molecule has 7 heteroatoms. The Morgan fingerprint density at radius 2 is 1.73 bits per heavy atom. The number of aliphatic hydroxyl groups is 1. The van der Waals surface area contributed by atoms with Crippen LogP contribution in [0.25, 0.3) is 11.1 Å². The molecule has 0 aliphatic carbocycles. The number of carbonyl (C=O) groups is 2. The highest BCUT2D eigenvalue weighted by atomic mass is 19.1. The summed E-state index contributed by atoms with van der Waals surface area (Å²) < 4.78 is 13.5. The van der Waals surface area contributed by atoms with Crippen LogP contribution < -0.4 is 5.32 Å². The van der Waals surface area contributed by atoms with Gasteiger partial charge in [0.1, 0.15) is 12.4 Å². The highest BCUT2D eigenvalue weighted by Crippen LogP contribution is 2.43. The van der Waals surface area contributed by atoms with Crippen molar-refractivity contribution in [2.75, 3.05) is 25.0 Å². The van der Waals surface area contributed by atoms with Crippen LogP contribution in [0.15, 0.2) is 78.9 Å². The SMILES string of the molecule is O=C(Nc1cccc(F)c1)N1CC(=O)N2[C@H](CO)[C@@H](c3ccc(-c4ccccc4)cc3)[C@@H]2C1. The molecular formula is C26H24FN3O3. The van der Waals surface area contributed by atoms with Crippen molar-refractivity contribution < 1.29 is 19.1 Å². The van der Waals surface area contributed by atoms with Crippen molar-refractivity contribution in [2.45, 2.75) is 18.0 Å². The van der Waals surface area contributed by atoms with E-state index >= 15 is 0 Å². The summed E-state index contributed by atoms with van der Waals surface area (Å²) in [6, 6.07) is 22.9. The Bertz CT molecular complexity index is 1170. The monoisotopic (exact) mass is 445 g/mol. The molecule has 2 fully saturated rings. The third kappa shape index (κ3) is 3.96. The molecule has 33 heavy (non-hydrogen) atoms. The Morgan fingerprint density at radius 3 is 2.42 bits per heavy atom. The number of piperazine rings is 1. The van der Waals surface area contributed by atoms with Gasteiger partial charge in [0.2, 0.25) is 5.91 Å². The lowest BCUT2D eigenvalue weighted by Crippen LogP contribution is -2.73. The molecule has 168 valence electrons. The van der Waals surface area contributed by atoms with E-state index in [1.807, 2.05) is 54.6 Å². The van der Waals surface area contributed by atoms with E-state index in [1.54, 1.807) is 11.0 Å². The minimum absolute atomic E-state index is 0.0754. The number of anilines is 1. The first kappa shape index (κ1) is 21.2. The van der Waals surface area contributed by atoms with Crippen molar-refractivity contribution in [3.63, 3.8) is 0 Å². The molecule has 3 aromatic rings. The normalized spacial score (nSPS) is 21.9. The molecule has 5 rings (SSSR count). The van der Waals surface area contributed by atoms with Crippen LogP contribution in [0.4, 0.5) is 14.9 Å². The van der Waals surface area contributed by atoms with Crippen LogP contribution in [0.5, 0.6) is 0 Å². The molecule has 0 unspecified atom stereocenters. The Balaban J connectivity index is 1.34. The summed E-state index contributed by atoms with van der Waals surface area (Å²) in [5.74, 6) is -0.720.